The number of rotatable bonds is 20. The van der Waals surface area contributed by atoms with E-state index in [1.807, 2.05) is 191 Å². The summed E-state index contributed by atoms with van der Waals surface area (Å²) in [5.74, 6) is -3.38. The third-order valence-electron chi connectivity index (χ3n) is 22.2. The Bertz CT molecular complexity index is 4070. The number of carbonyl (C=O) groups excluding carboxylic acids is 8. The van der Waals surface area contributed by atoms with Gasteiger partial charge in [-0.3, -0.25) is 48.1 Å². The van der Waals surface area contributed by atoms with Gasteiger partial charge >= 0.3 is 5.97 Å². The zero-order chi connectivity index (χ0) is 76.8. The molecule has 107 heavy (non-hydrogen) atoms. The molecule has 3 heterocycles. The first kappa shape index (κ1) is 82.6. The first-order chi connectivity index (χ1) is 50.6. The van der Waals surface area contributed by atoms with E-state index < -0.39 is 64.4 Å². The van der Waals surface area contributed by atoms with Gasteiger partial charge in [0, 0.05) is 65.4 Å². The molecule has 3 aliphatic carbocycles. The van der Waals surface area contributed by atoms with Crippen LogP contribution in [0.5, 0.6) is 0 Å². The molecule has 568 valence electrons. The Hall–Kier alpha value is -10.1. The number of hydrogen-bond acceptors (Lipinski definition) is 13. The van der Waals surface area contributed by atoms with Crippen LogP contribution in [0.15, 0.2) is 179 Å². The van der Waals surface area contributed by atoms with Gasteiger partial charge in [0.2, 0.25) is 30.1 Å². The monoisotopic (exact) mass is 1450 g/mol. The topological polar surface area (TPSA) is 297 Å². The Morgan fingerprint density at radius 3 is 1.01 bits per heavy atom. The Kier molecular flexibility index (Phi) is 28.2. The lowest BCUT2D eigenvalue weighted by molar-refractivity contribution is -0.152. The van der Waals surface area contributed by atoms with Crippen molar-refractivity contribution >= 4 is 87.2 Å². The summed E-state index contributed by atoms with van der Waals surface area (Å²) in [6.45, 7) is 15.4. The van der Waals surface area contributed by atoms with Crippen molar-refractivity contribution in [2.45, 2.75) is 178 Å². The summed E-state index contributed by atoms with van der Waals surface area (Å²) in [5, 5.41) is 15.2. The van der Waals surface area contributed by atoms with Gasteiger partial charge in [-0.1, -0.05) is 233 Å². The van der Waals surface area contributed by atoms with Crippen LogP contribution in [-0.4, -0.2) is 115 Å². The van der Waals surface area contributed by atoms with E-state index in [0.29, 0.717) is 49.4 Å². The number of hydrogen-bond donors (Lipinski definition) is 5. The molecule has 3 aliphatic heterocycles. The second kappa shape index (κ2) is 36.5. The van der Waals surface area contributed by atoms with Gasteiger partial charge in [-0.15, -0.1) is 0 Å². The van der Waals surface area contributed by atoms with Crippen LogP contribution in [-0.2, 0) is 43.2 Å². The van der Waals surface area contributed by atoms with Gasteiger partial charge in [0.1, 0.15) is 11.6 Å². The largest absolute Gasteiger partial charge is 0.481 e. The van der Waals surface area contributed by atoms with Crippen molar-refractivity contribution in [1.82, 2.24) is 10.6 Å². The Balaban J connectivity index is 0.000000188. The van der Waals surface area contributed by atoms with Crippen molar-refractivity contribution in [2.75, 3.05) is 35.8 Å². The number of benzodiazepines with no additional fused rings is 3. The summed E-state index contributed by atoms with van der Waals surface area (Å²) in [7, 11) is 5.13. The van der Waals surface area contributed by atoms with Gasteiger partial charge in [-0.05, 0) is 108 Å². The van der Waals surface area contributed by atoms with Crippen LogP contribution in [0.25, 0.3) is 0 Å². The number of primary amides is 1. The third-order valence-corrected chi connectivity index (χ3v) is 22.2. The molecular weight excluding hydrogens is 1350 g/mol. The summed E-state index contributed by atoms with van der Waals surface area (Å²) in [4.78, 5) is 134. The zero-order valence-corrected chi connectivity index (χ0v) is 63.4. The number of carboxylic acid groups (broad SMARTS) is 1. The van der Waals surface area contributed by atoms with Crippen LogP contribution < -0.4 is 36.8 Å². The highest BCUT2D eigenvalue weighted by molar-refractivity contribution is 6.22. The van der Waals surface area contributed by atoms with Crippen molar-refractivity contribution < 1.29 is 48.3 Å². The lowest BCUT2D eigenvalue weighted by atomic mass is 9.67. The van der Waals surface area contributed by atoms with E-state index >= 15 is 0 Å². The fourth-order valence-electron chi connectivity index (χ4n) is 16.5. The Morgan fingerprint density at radius 2 is 0.701 bits per heavy atom. The predicted octanol–water partition coefficient (Wildman–Crippen LogP) is 13.7. The molecule has 12 rings (SSSR count). The lowest BCUT2D eigenvalue weighted by Gasteiger charge is -2.36. The average molecular weight is 1460 g/mol. The number of fused-ring (bicyclic) bond motifs is 3. The number of likely N-dealkylation sites (N-methyl/N-ethyl adjacent to an activating group) is 3. The number of ketones is 2. The van der Waals surface area contributed by atoms with Crippen molar-refractivity contribution in [3.8, 4) is 0 Å². The van der Waals surface area contributed by atoms with Gasteiger partial charge in [-0.2, -0.15) is 0 Å². The number of amides is 6. The van der Waals surface area contributed by atoms with Crippen LogP contribution in [0.3, 0.4) is 0 Å². The number of nitrogens with one attached hydrogen (secondary N) is 2. The molecule has 6 aromatic carbocycles. The molecule has 3 unspecified atom stereocenters. The summed E-state index contributed by atoms with van der Waals surface area (Å²) in [5.41, 5.74) is 19.3. The summed E-state index contributed by atoms with van der Waals surface area (Å²) in [6, 6.07) is 52.0. The molecular formula is C87H110N10O10. The summed E-state index contributed by atoms with van der Waals surface area (Å²) >= 11 is 0. The third kappa shape index (κ3) is 18.5. The van der Waals surface area contributed by atoms with Crippen molar-refractivity contribution in [1.29, 1.82) is 0 Å². The Morgan fingerprint density at radius 1 is 0.430 bits per heavy atom. The first-order valence-corrected chi connectivity index (χ1v) is 37.5. The molecule has 0 radical (unpaired) electrons. The second-order valence-corrected chi connectivity index (χ2v) is 30.5. The molecule has 6 amide bonds. The number of para-hydroxylation sites is 3. The number of benzene rings is 6. The van der Waals surface area contributed by atoms with Crippen LogP contribution in [0, 0.1) is 51.8 Å². The highest BCUT2D eigenvalue weighted by Gasteiger charge is 2.52. The average Bonchev–Trinajstić information content (AvgIpc) is 1.64. The second-order valence-electron chi connectivity index (χ2n) is 30.5. The number of aliphatic carboxylic acids is 1. The number of aliphatic imine (C=N–C) groups is 3. The first-order valence-electron chi connectivity index (χ1n) is 37.5. The summed E-state index contributed by atoms with van der Waals surface area (Å²) in [6.07, 6.45) is 8.37. The molecule has 3 fully saturated rings. The fraction of sp³-hybridized carbons (Fsp3) is 0.448. The van der Waals surface area contributed by atoms with Crippen LogP contribution >= 0.6 is 0 Å². The van der Waals surface area contributed by atoms with Crippen LogP contribution in [0.4, 0.5) is 17.1 Å². The molecule has 0 spiro atoms. The van der Waals surface area contributed by atoms with E-state index in [9.17, 15) is 48.3 Å². The molecule has 0 saturated heterocycles. The SMILES string of the molecule is C.CC(=O)C1([C@@H](CC(C)C)C(=O)NC2N=C(c3ccccc3)c3ccccc3N(C)C2=O)CCCC1.CC(=O)C1([C@@H](CC(C)C)C(=O)O)CCCC1.CC(C)C[C@@H](C(=O)NC1N=C(c2ccccc2)c2ccccc2N(C)C1=O)C1(C(N)=O)CCCC1.CN1C(=O)C(N)N=C(c2ccccc2)c2ccccc21. The lowest BCUT2D eigenvalue weighted by Crippen LogP contribution is -2.53. The van der Waals surface area contributed by atoms with E-state index in [2.05, 4.69) is 29.5 Å². The molecule has 20 nitrogen and oxygen atoms in total. The van der Waals surface area contributed by atoms with Crippen LogP contribution in [0.1, 0.15) is 193 Å². The predicted molar refractivity (Wildman–Crippen MR) is 424 cm³/mol. The maximum atomic E-state index is 13.8. The van der Waals surface area contributed by atoms with E-state index in [1.165, 1.54) is 4.90 Å². The van der Waals surface area contributed by atoms with Gasteiger partial charge < -0.3 is 41.9 Å². The number of nitrogens with zero attached hydrogens (tertiary/aromatic N) is 6. The van der Waals surface area contributed by atoms with Gasteiger partial charge in [0.05, 0.1) is 57.4 Å². The fourth-order valence-corrected chi connectivity index (χ4v) is 16.5. The van der Waals surface area contributed by atoms with Gasteiger partial charge in [-0.25, -0.2) is 9.98 Å². The minimum absolute atomic E-state index is 0. The molecule has 6 aromatic rings. The number of anilines is 3. The molecule has 6 atom stereocenters. The van der Waals surface area contributed by atoms with E-state index in [4.69, 9.17) is 21.5 Å². The van der Waals surface area contributed by atoms with Crippen molar-refractivity contribution in [2.24, 2.45) is 78.2 Å². The maximum Gasteiger partial charge on any atom is 0.307 e. The minimum Gasteiger partial charge on any atom is -0.481 e. The number of carboxylic acids is 1. The van der Waals surface area contributed by atoms with Gasteiger partial charge in [0.15, 0.2) is 6.17 Å². The quantitative estimate of drug-likeness (QED) is 0.0479. The normalized spacial score (nSPS) is 19.7. The summed E-state index contributed by atoms with van der Waals surface area (Å²) < 4.78 is 0. The molecule has 0 bridgehead atoms. The van der Waals surface area contributed by atoms with Gasteiger partial charge in [0.25, 0.3) is 17.7 Å². The zero-order valence-electron chi connectivity index (χ0n) is 63.4. The molecule has 0 aromatic heterocycles. The Labute approximate surface area is 631 Å². The molecule has 7 N–H and O–H groups in total. The van der Waals surface area contributed by atoms with E-state index in [0.717, 1.165) is 120 Å². The van der Waals surface area contributed by atoms with Crippen molar-refractivity contribution in [3.63, 3.8) is 0 Å². The minimum atomic E-state index is -1.11. The highest BCUT2D eigenvalue weighted by atomic mass is 16.4. The number of carbonyl (C=O) groups is 9. The smallest absolute Gasteiger partial charge is 0.307 e. The molecule has 6 aliphatic rings. The molecule has 20 heteroatoms. The number of nitrogens with two attached hydrogens (primary N) is 2. The van der Waals surface area contributed by atoms with Crippen molar-refractivity contribution in [3.05, 3.63) is 197 Å². The highest BCUT2D eigenvalue weighted by Crippen LogP contribution is 2.50. The van der Waals surface area contributed by atoms with Crippen LogP contribution in [0.2, 0.25) is 0 Å². The number of Topliss-reactive ketones (excluding diaryl/α,β-unsaturated/α-hetero) is 2. The standard InChI is InChI=1S/C29H35N3O3.C28H34N4O3.C16H15N3O.C13H22O3.CH4/c1-19(2)18-23(29(20(3)33)16-10-11-17-29)27(34)31-26-28(35)32(4)24-15-9-8-14-22(24)25(30-26)21-12-6-5-7-13-21;1-18(2)17-21(28(27(29)35)15-9-10-16-28)25(33)31-24-26(34)32(3)22-14-8-7-13-20(22)23(30-24)19-11-5-4-6-12-19;1-19-13-10-6-5-9-12(13)14(18-15(17)16(19)20)11-7-3-2-4-8-11;1-9(2)8-11(12(15)16)13(10(3)14)6-4-5-7-13;/h5-9,12-15,19,23,26H,10-11,16-18H2,1-4H3,(H,31,34);4-8,11-14,18,21,24H,9-10,15-17H2,1-3H3,(H2,29,35)(H,31,33);2-10,15H,17H2,1H3;9,11H,4-8H2,1-3H3,(H,15,16);1H4/t23-,26?;21-,24?;;11-;/m00.0./s1. The molecule has 3 saturated carbocycles. The van der Waals surface area contributed by atoms with E-state index in [1.54, 1.807) is 44.8 Å². The van der Waals surface area contributed by atoms with E-state index in [-0.39, 0.29) is 60.4 Å². The maximum absolute atomic E-state index is 13.8.